The van der Waals surface area contributed by atoms with Crippen molar-refractivity contribution in [3.63, 3.8) is 0 Å². The van der Waals surface area contributed by atoms with Crippen molar-refractivity contribution in [2.45, 2.75) is 87.6 Å². The van der Waals surface area contributed by atoms with E-state index in [9.17, 15) is 10.2 Å². The van der Waals surface area contributed by atoms with Gasteiger partial charge in [0.25, 0.3) is 0 Å². The maximum Gasteiger partial charge on any atom is 0.165 e. The van der Waals surface area contributed by atoms with Crippen molar-refractivity contribution in [1.82, 2.24) is 4.90 Å². The molecule has 2 heterocycles. The first-order valence-corrected chi connectivity index (χ1v) is 12.3. The van der Waals surface area contributed by atoms with Gasteiger partial charge in [-0.3, -0.25) is 4.90 Å². The van der Waals surface area contributed by atoms with E-state index in [4.69, 9.17) is 9.47 Å². The fraction of sp³-hybridized carbons (Fsp3) is 0.769. The molecule has 1 aromatic rings. The summed E-state index contributed by atoms with van der Waals surface area (Å²) in [6.45, 7) is 6.23. The van der Waals surface area contributed by atoms with Crippen molar-refractivity contribution in [2.75, 3.05) is 20.2 Å². The van der Waals surface area contributed by atoms with Crippen LogP contribution in [0, 0.1) is 17.3 Å². The molecule has 2 spiro atoms. The molecule has 8 rings (SSSR count). The number of phenolic OH excluding ortho intramolecular Hbond substituents is 1. The molecule has 6 atom stereocenters. The van der Waals surface area contributed by atoms with Crippen LogP contribution in [0.25, 0.3) is 0 Å². The number of hydrogen-bond acceptors (Lipinski definition) is 5. The van der Waals surface area contributed by atoms with Crippen molar-refractivity contribution in [3.05, 3.63) is 23.3 Å². The van der Waals surface area contributed by atoms with Crippen LogP contribution in [0.15, 0.2) is 12.1 Å². The quantitative estimate of drug-likeness (QED) is 0.714. The van der Waals surface area contributed by atoms with E-state index in [1.54, 1.807) is 0 Å². The largest absolute Gasteiger partial charge is 0.504 e. The zero-order valence-corrected chi connectivity index (χ0v) is 20.2. The highest BCUT2D eigenvalue weighted by Crippen LogP contribution is 2.77. The van der Waals surface area contributed by atoms with Crippen LogP contribution in [0.5, 0.6) is 11.5 Å². The topological polar surface area (TPSA) is 62.2 Å². The van der Waals surface area contributed by atoms with Crippen molar-refractivity contribution in [3.8, 4) is 11.5 Å². The first-order valence-electron chi connectivity index (χ1n) is 12.3. The molecule has 1 saturated heterocycles. The summed E-state index contributed by atoms with van der Waals surface area (Å²) in [6, 6.07) is 4.46. The molecule has 5 nitrogen and oxygen atoms in total. The van der Waals surface area contributed by atoms with Crippen LogP contribution < -0.4 is 4.74 Å². The Bertz CT molecular complexity index is 973. The normalized spacial score (nSPS) is 43.4. The average molecular weight is 462 g/mol. The molecule has 176 valence electrons. The van der Waals surface area contributed by atoms with Crippen LogP contribution in [0.4, 0.5) is 0 Å². The van der Waals surface area contributed by atoms with Crippen molar-refractivity contribution < 1.29 is 19.7 Å². The van der Waals surface area contributed by atoms with Gasteiger partial charge < -0.3 is 19.7 Å². The second-order valence-corrected chi connectivity index (χ2v) is 12.1. The minimum absolute atomic E-state index is 0. The number of halogens is 1. The monoisotopic (exact) mass is 461 g/mol. The van der Waals surface area contributed by atoms with Crippen LogP contribution in [0.1, 0.15) is 63.5 Å². The molecule has 5 fully saturated rings. The summed E-state index contributed by atoms with van der Waals surface area (Å²) in [7, 11) is 1.81. The van der Waals surface area contributed by atoms with Crippen molar-refractivity contribution in [2.24, 2.45) is 17.3 Å². The van der Waals surface area contributed by atoms with Gasteiger partial charge in [-0.05, 0) is 82.9 Å². The highest BCUT2D eigenvalue weighted by molar-refractivity contribution is 5.85. The molecule has 32 heavy (non-hydrogen) atoms. The van der Waals surface area contributed by atoms with E-state index in [-0.39, 0.29) is 41.0 Å². The number of aliphatic hydroxyl groups is 1. The van der Waals surface area contributed by atoms with Crippen LogP contribution >= 0.6 is 12.4 Å². The predicted octanol–water partition coefficient (Wildman–Crippen LogP) is 3.81. The minimum Gasteiger partial charge on any atom is -0.504 e. The van der Waals surface area contributed by atoms with E-state index in [2.05, 4.69) is 11.0 Å². The molecule has 2 N–H and O–H groups in total. The predicted molar refractivity (Wildman–Crippen MR) is 124 cm³/mol. The zero-order chi connectivity index (χ0) is 21.4. The van der Waals surface area contributed by atoms with Gasteiger partial charge in [0.05, 0.1) is 5.60 Å². The van der Waals surface area contributed by atoms with Crippen LogP contribution in [-0.4, -0.2) is 58.7 Å². The molecule has 4 saturated carbocycles. The number of rotatable bonds is 4. The molecule has 0 amide bonds. The number of fused-ring (bicyclic) bond motifs is 2. The lowest BCUT2D eigenvalue weighted by atomic mass is 9.34. The Morgan fingerprint density at radius 2 is 2.00 bits per heavy atom. The fourth-order valence-corrected chi connectivity index (χ4v) is 9.23. The summed E-state index contributed by atoms with van der Waals surface area (Å²) >= 11 is 0. The second kappa shape index (κ2) is 6.35. The highest BCUT2D eigenvalue weighted by atomic mass is 35.5. The maximum atomic E-state index is 11.4. The number of aromatic hydroxyl groups is 1. The maximum absolute atomic E-state index is 11.4. The summed E-state index contributed by atoms with van der Waals surface area (Å²) in [5.74, 6) is 1.86. The van der Waals surface area contributed by atoms with E-state index in [1.807, 2.05) is 27.0 Å². The molecular formula is C26H36ClNO4. The molecule has 0 radical (unpaired) electrons. The van der Waals surface area contributed by atoms with Gasteiger partial charge in [-0.2, -0.15) is 0 Å². The van der Waals surface area contributed by atoms with E-state index >= 15 is 0 Å². The molecule has 6 heteroatoms. The van der Waals surface area contributed by atoms with Gasteiger partial charge in [0.15, 0.2) is 11.5 Å². The van der Waals surface area contributed by atoms with Gasteiger partial charge in [-0.15, -0.1) is 12.4 Å². The molecule has 0 aromatic heterocycles. The number of benzene rings is 1. The van der Waals surface area contributed by atoms with E-state index in [1.165, 1.54) is 30.5 Å². The fourth-order valence-electron chi connectivity index (χ4n) is 9.23. The number of phenols is 1. The molecular weight excluding hydrogens is 426 g/mol. The summed E-state index contributed by atoms with van der Waals surface area (Å²) < 4.78 is 13.2. The Hall–Kier alpha value is -1.01. The molecule has 1 aromatic carbocycles. The third-order valence-corrected chi connectivity index (χ3v) is 10.5. The van der Waals surface area contributed by atoms with Crippen LogP contribution in [-0.2, 0) is 16.6 Å². The first kappa shape index (κ1) is 21.5. The Morgan fingerprint density at radius 3 is 2.69 bits per heavy atom. The summed E-state index contributed by atoms with van der Waals surface area (Å²) in [5.41, 5.74) is 1.24. The standard InChI is InChI=1S/C26H35NO4.ClH/c1-23(2,29)18-13-24-8-9-26(18,30-3)22-25(24)10-11-27(14-15-4-5-15)19(24)12-16-6-7-17(28)21(31-22)20(16)25;/h6-7,15,18-19,22,28-29H,4-5,8-14H2,1-3H3;1H. The molecule has 4 bridgehead atoms. The average Bonchev–Trinajstić information content (AvgIpc) is 3.47. The Balaban J connectivity index is 0.00000196. The molecule has 7 aliphatic rings. The van der Waals surface area contributed by atoms with Crippen LogP contribution in [0.3, 0.4) is 0 Å². The SMILES string of the molecule is COC12CCC3(CC1C(C)(C)O)C1Cc4ccc(O)c5c4C3(CCN1CC1CC1)C2O5.Cl. The van der Waals surface area contributed by atoms with Gasteiger partial charge in [-0.1, -0.05) is 6.07 Å². The smallest absolute Gasteiger partial charge is 0.165 e. The van der Waals surface area contributed by atoms with Gasteiger partial charge in [0.2, 0.25) is 0 Å². The Kier molecular flexibility index (Phi) is 4.27. The number of methoxy groups -OCH3 is 1. The van der Waals surface area contributed by atoms with Crippen molar-refractivity contribution in [1.29, 1.82) is 0 Å². The third-order valence-electron chi connectivity index (χ3n) is 10.5. The second-order valence-electron chi connectivity index (χ2n) is 12.1. The lowest BCUT2D eigenvalue weighted by molar-refractivity contribution is -0.300. The van der Waals surface area contributed by atoms with Gasteiger partial charge in [0.1, 0.15) is 11.7 Å². The highest BCUT2D eigenvalue weighted by Gasteiger charge is 2.81. The molecule has 2 aliphatic heterocycles. The third kappa shape index (κ3) is 2.23. The number of ether oxygens (including phenoxy) is 2. The molecule has 6 unspecified atom stereocenters. The molecule has 5 aliphatic carbocycles. The zero-order valence-electron chi connectivity index (χ0n) is 19.4. The summed E-state index contributed by atoms with van der Waals surface area (Å²) in [4.78, 5) is 2.81. The Labute approximate surface area is 196 Å². The number of nitrogens with zero attached hydrogens (tertiary/aromatic N) is 1. The van der Waals surface area contributed by atoms with E-state index in [0.29, 0.717) is 11.8 Å². The van der Waals surface area contributed by atoms with Gasteiger partial charge in [-0.25, -0.2) is 0 Å². The Morgan fingerprint density at radius 1 is 1.22 bits per heavy atom. The summed E-state index contributed by atoms with van der Waals surface area (Å²) in [6.07, 6.45) is 7.72. The number of likely N-dealkylation sites (tertiary alicyclic amines) is 1. The van der Waals surface area contributed by atoms with E-state index < -0.39 is 11.2 Å². The number of piperidine rings is 1. The number of hydrogen-bond donors (Lipinski definition) is 2. The van der Waals surface area contributed by atoms with E-state index in [0.717, 1.165) is 44.6 Å². The van der Waals surface area contributed by atoms with Gasteiger partial charge in [0, 0.05) is 42.0 Å². The first-order chi connectivity index (χ1) is 14.8. The lowest BCUT2D eigenvalue weighted by Crippen LogP contribution is -2.82. The van der Waals surface area contributed by atoms with Gasteiger partial charge >= 0.3 is 0 Å². The van der Waals surface area contributed by atoms with Crippen LogP contribution in [0.2, 0.25) is 0 Å². The summed E-state index contributed by atoms with van der Waals surface area (Å²) in [5, 5.41) is 22.2. The van der Waals surface area contributed by atoms with Crippen molar-refractivity contribution >= 4 is 12.4 Å². The minimum atomic E-state index is -0.846. The lowest BCUT2D eigenvalue weighted by Gasteiger charge is -2.75.